The molecule has 1 saturated heterocycles. The Balaban J connectivity index is 0.00000288. The summed E-state index contributed by atoms with van der Waals surface area (Å²) in [5, 5.41) is 3.18. The monoisotopic (exact) mass is 368 g/mol. The fourth-order valence-corrected chi connectivity index (χ4v) is 2.54. The summed E-state index contributed by atoms with van der Waals surface area (Å²) in [6, 6.07) is 3.08. The van der Waals surface area contributed by atoms with Crippen molar-refractivity contribution in [3.63, 3.8) is 0 Å². The summed E-state index contributed by atoms with van der Waals surface area (Å²) in [4.78, 5) is 13.7. The third kappa shape index (κ3) is 5.17. The molecule has 0 spiro atoms. The number of alkyl halides is 2. The molecule has 9 heteroatoms. The van der Waals surface area contributed by atoms with E-state index in [1.54, 1.807) is 4.90 Å². The standard InChI is InChI=1S/C15H19F3N2O3.ClH/c1-9-6-19-7-10(2)20(9)15(21)22-8-11-5-12(23-14(17)18)3-4-13(11)16;/h3-5,9-10,14,19H,6-8H2,1-2H3;1H/t9-,10+;. The van der Waals surface area contributed by atoms with Crippen molar-refractivity contribution in [3.05, 3.63) is 29.6 Å². The Morgan fingerprint density at radius 3 is 2.54 bits per heavy atom. The van der Waals surface area contributed by atoms with Crippen molar-refractivity contribution in [3.8, 4) is 5.75 Å². The third-order valence-corrected chi connectivity index (χ3v) is 3.63. The van der Waals surface area contributed by atoms with Crippen molar-refractivity contribution in [2.24, 2.45) is 0 Å². The van der Waals surface area contributed by atoms with Gasteiger partial charge in [0.05, 0.1) is 0 Å². The van der Waals surface area contributed by atoms with Crippen LogP contribution in [0.5, 0.6) is 5.75 Å². The fourth-order valence-electron chi connectivity index (χ4n) is 2.54. The van der Waals surface area contributed by atoms with Crippen LogP contribution in [0, 0.1) is 5.82 Å². The highest BCUT2D eigenvalue weighted by atomic mass is 35.5. The highest BCUT2D eigenvalue weighted by molar-refractivity contribution is 5.85. The van der Waals surface area contributed by atoms with E-state index >= 15 is 0 Å². The molecule has 24 heavy (non-hydrogen) atoms. The first-order valence-corrected chi connectivity index (χ1v) is 7.27. The van der Waals surface area contributed by atoms with E-state index in [-0.39, 0.29) is 42.4 Å². The SMILES string of the molecule is C[C@@H]1CNC[C@H](C)N1C(=O)OCc1cc(OC(F)F)ccc1F.Cl. The van der Waals surface area contributed by atoms with Gasteiger partial charge in [-0.25, -0.2) is 9.18 Å². The zero-order valence-corrected chi connectivity index (χ0v) is 14.1. The van der Waals surface area contributed by atoms with Crippen LogP contribution < -0.4 is 10.1 Å². The van der Waals surface area contributed by atoms with E-state index in [0.717, 1.165) is 18.2 Å². The van der Waals surface area contributed by atoms with E-state index in [9.17, 15) is 18.0 Å². The maximum atomic E-state index is 13.7. The van der Waals surface area contributed by atoms with E-state index in [1.165, 1.54) is 0 Å². The van der Waals surface area contributed by atoms with Gasteiger partial charge in [0.2, 0.25) is 0 Å². The van der Waals surface area contributed by atoms with Crippen molar-refractivity contribution in [1.29, 1.82) is 0 Å². The quantitative estimate of drug-likeness (QED) is 0.887. The molecule has 1 aromatic carbocycles. The number of rotatable bonds is 4. The minimum absolute atomic E-state index is 0. The van der Waals surface area contributed by atoms with Crippen LogP contribution in [0.15, 0.2) is 18.2 Å². The van der Waals surface area contributed by atoms with Crippen molar-refractivity contribution in [1.82, 2.24) is 10.2 Å². The average Bonchev–Trinajstić information content (AvgIpc) is 2.47. The zero-order valence-electron chi connectivity index (χ0n) is 13.3. The lowest BCUT2D eigenvalue weighted by atomic mass is 10.1. The first-order valence-electron chi connectivity index (χ1n) is 7.27. The fraction of sp³-hybridized carbons (Fsp3) is 0.533. The number of halogens is 4. The molecule has 0 aliphatic carbocycles. The minimum Gasteiger partial charge on any atom is -0.444 e. The van der Waals surface area contributed by atoms with Crippen LogP contribution in [0.2, 0.25) is 0 Å². The molecule has 1 amide bonds. The smallest absolute Gasteiger partial charge is 0.410 e. The largest absolute Gasteiger partial charge is 0.444 e. The molecule has 1 N–H and O–H groups in total. The molecule has 0 radical (unpaired) electrons. The summed E-state index contributed by atoms with van der Waals surface area (Å²) < 4.78 is 47.4. The number of carbonyl (C=O) groups excluding carboxylic acids is 1. The topological polar surface area (TPSA) is 50.8 Å². The minimum atomic E-state index is -3.00. The normalized spacial score (nSPS) is 20.5. The van der Waals surface area contributed by atoms with Crippen molar-refractivity contribution < 1.29 is 27.4 Å². The van der Waals surface area contributed by atoms with E-state index < -0.39 is 18.5 Å². The molecule has 1 fully saturated rings. The molecular formula is C15H20ClF3N2O3. The van der Waals surface area contributed by atoms with Crippen molar-refractivity contribution >= 4 is 18.5 Å². The molecule has 1 aliphatic rings. The summed E-state index contributed by atoms with van der Waals surface area (Å²) in [5.74, 6) is -0.836. The van der Waals surface area contributed by atoms with E-state index in [4.69, 9.17) is 4.74 Å². The van der Waals surface area contributed by atoms with Gasteiger partial charge in [-0.15, -0.1) is 12.4 Å². The number of nitrogens with zero attached hydrogens (tertiary/aromatic N) is 1. The molecule has 0 unspecified atom stereocenters. The Kier molecular flexibility index (Phi) is 7.62. The van der Waals surface area contributed by atoms with Gasteiger partial charge in [-0.3, -0.25) is 0 Å². The van der Waals surface area contributed by atoms with Crippen LogP contribution in [-0.4, -0.2) is 42.8 Å². The Hall–Kier alpha value is -1.67. The summed E-state index contributed by atoms with van der Waals surface area (Å²) in [5.41, 5.74) is -0.0214. The number of carbonyl (C=O) groups is 1. The second-order valence-corrected chi connectivity index (χ2v) is 5.45. The number of nitrogens with one attached hydrogen (secondary N) is 1. The van der Waals surface area contributed by atoms with Gasteiger partial charge in [-0.2, -0.15) is 8.78 Å². The van der Waals surface area contributed by atoms with Crippen LogP contribution >= 0.6 is 12.4 Å². The van der Waals surface area contributed by atoms with Crippen molar-refractivity contribution in [2.75, 3.05) is 13.1 Å². The van der Waals surface area contributed by atoms with E-state index in [1.807, 2.05) is 13.8 Å². The second-order valence-electron chi connectivity index (χ2n) is 5.45. The molecule has 1 aromatic rings. The molecule has 136 valence electrons. The van der Waals surface area contributed by atoms with E-state index in [2.05, 4.69) is 10.1 Å². The maximum absolute atomic E-state index is 13.7. The Morgan fingerprint density at radius 2 is 1.96 bits per heavy atom. The van der Waals surface area contributed by atoms with Gasteiger partial charge in [0.25, 0.3) is 0 Å². The van der Waals surface area contributed by atoms with Crippen LogP contribution in [0.25, 0.3) is 0 Å². The summed E-state index contributed by atoms with van der Waals surface area (Å²) in [6.07, 6.45) is -0.564. The van der Waals surface area contributed by atoms with Crippen LogP contribution in [0.3, 0.4) is 0 Å². The lowest BCUT2D eigenvalue weighted by molar-refractivity contribution is -0.0500. The van der Waals surface area contributed by atoms with Crippen LogP contribution in [0.1, 0.15) is 19.4 Å². The van der Waals surface area contributed by atoms with Gasteiger partial charge in [-0.1, -0.05) is 0 Å². The van der Waals surface area contributed by atoms with Gasteiger partial charge in [0, 0.05) is 30.7 Å². The number of ether oxygens (including phenoxy) is 2. The predicted octanol–water partition coefficient (Wildman–Crippen LogP) is 3.17. The molecule has 2 rings (SSSR count). The Morgan fingerprint density at radius 1 is 1.33 bits per heavy atom. The third-order valence-electron chi connectivity index (χ3n) is 3.63. The van der Waals surface area contributed by atoms with Gasteiger partial charge in [0.15, 0.2) is 0 Å². The molecule has 1 aliphatic heterocycles. The Labute approximate surface area is 144 Å². The molecule has 5 nitrogen and oxygen atoms in total. The maximum Gasteiger partial charge on any atom is 0.410 e. The molecule has 1 heterocycles. The first kappa shape index (κ1) is 20.4. The molecule has 0 saturated carbocycles. The lowest BCUT2D eigenvalue weighted by Gasteiger charge is -2.38. The molecule has 2 atom stereocenters. The summed E-state index contributed by atoms with van der Waals surface area (Å²) >= 11 is 0. The number of amides is 1. The number of hydrogen-bond acceptors (Lipinski definition) is 4. The van der Waals surface area contributed by atoms with Gasteiger partial charge >= 0.3 is 12.7 Å². The zero-order chi connectivity index (χ0) is 17.0. The Bertz CT molecular complexity index is 553. The first-order chi connectivity index (χ1) is 10.9. The van der Waals surface area contributed by atoms with Gasteiger partial charge in [-0.05, 0) is 32.0 Å². The summed E-state index contributed by atoms with van der Waals surface area (Å²) in [6.45, 7) is 1.69. The number of hydrogen-bond donors (Lipinski definition) is 1. The van der Waals surface area contributed by atoms with Gasteiger partial charge < -0.3 is 19.7 Å². The predicted molar refractivity (Wildman–Crippen MR) is 84.1 cm³/mol. The molecular weight excluding hydrogens is 349 g/mol. The lowest BCUT2D eigenvalue weighted by Crippen LogP contribution is -2.57. The number of piperazine rings is 1. The highest BCUT2D eigenvalue weighted by Crippen LogP contribution is 2.20. The van der Waals surface area contributed by atoms with Crippen LogP contribution in [-0.2, 0) is 11.3 Å². The number of benzene rings is 1. The highest BCUT2D eigenvalue weighted by Gasteiger charge is 2.30. The average molecular weight is 369 g/mol. The van der Waals surface area contributed by atoms with Crippen LogP contribution in [0.4, 0.5) is 18.0 Å². The van der Waals surface area contributed by atoms with E-state index in [0.29, 0.717) is 13.1 Å². The molecule has 0 bridgehead atoms. The second kappa shape index (κ2) is 8.98. The molecule has 0 aromatic heterocycles. The van der Waals surface area contributed by atoms with Gasteiger partial charge in [0.1, 0.15) is 18.2 Å². The van der Waals surface area contributed by atoms with Crippen molar-refractivity contribution in [2.45, 2.75) is 39.1 Å². The summed E-state index contributed by atoms with van der Waals surface area (Å²) in [7, 11) is 0.